The number of para-hydroxylation sites is 1. The number of nitrogens with zero attached hydrogens (tertiary/aromatic N) is 4. The number of hydrogen-bond donors (Lipinski definition) is 0. The number of anilines is 1. The zero-order chi connectivity index (χ0) is 15.1. The number of thioether (sulfide) groups is 1. The lowest BCUT2D eigenvalue weighted by molar-refractivity contribution is -0.121. The van der Waals surface area contributed by atoms with E-state index in [1.54, 1.807) is 28.0 Å². The van der Waals surface area contributed by atoms with Crippen molar-refractivity contribution < 1.29 is 4.79 Å². The Bertz CT molecular complexity index is 816. The van der Waals surface area contributed by atoms with E-state index in [1.807, 2.05) is 18.2 Å². The molecular weight excluding hydrogens is 360 g/mol. The van der Waals surface area contributed by atoms with Gasteiger partial charge in [-0.1, -0.05) is 35.2 Å². The molecule has 3 aromatic rings. The molecule has 0 bridgehead atoms. The fourth-order valence-electron chi connectivity index (χ4n) is 2.01. The molecule has 1 aliphatic rings. The smallest absolute Gasteiger partial charge is 0.248 e. The van der Waals surface area contributed by atoms with Crippen LogP contribution < -0.4 is 4.90 Å². The first-order chi connectivity index (χ1) is 10.7. The fourth-order valence-corrected chi connectivity index (χ4v) is 5.17. The van der Waals surface area contributed by atoms with Gasteiger partial charge in [0.05, 0.1) is 22.5 Å². The monoisotopic (exact) mass is 368 g/mol. The highest BCUT2D eigenvalue weighted by atomic mass is 35.5. The molecule has 112 valence electrons. The molecule has 0 radical (unpaired) electrons. The average Bonchev–Trinajstić information content (AvgIpc) is 3.16. The molecule has 0 saturated carbocycles. The molecule has 1 fully saturated rings. The third kappa shape index (κ3) is 2.60. The van der Waals surface area contributed by atoms with Gasteiger partial charge in [0.1, 0.15) is 10.4 Å². The summed E-state index contributed by atoms with van der Waals surface area (Å²) in [6.07, 6.45) is 0. The minimum atomic E-state index is -0.413. The molecule has 3 heterocycles. The van der Waals surface area contributed by atoms with Crippen molar-refractivity contribution in [3.05, 3.63) is 29.3 Å². The van der Waals surface area contributed by atoms with Gasteiger partial charge in [0, 0.05) is 0 Å². The van der Waals surface area contributed by atoms with E-state index in [9.17, 15) is 4.79 Å². The zero-order valence-electron chi connectivity index (χ0n) is 11.1. The zero-order valence-corrected chi connectivity index (χ0v) is 14.3. The van der Waals surface area contributed by atoms with Gasteiger partial charge in [-0.3, -0.25) is 9.69 Å². The molecule has 5 nitrogen and oxygen atoms in total. The summed E-state index contributed by atoms with van der Waals surface area (Å²) in [5, 5.41) is 9.29. The highest BCUT2D eigenvalue weighted by molar-refractivity contribution is 8.00. The first kappa shape index (κ1) is 14.4. The Labute approximate surface area is 143 Å². The molecule has 0 aliphatic carbocycles. The molecule has 1 aromatic carbocycles. The van der Waals surface area contributed by atoms with Crippen LogP contribution in [0.15, 0.2) is 28.6 Å². The van der Waals surface area contributed by atoms with Gasteiger partial charge in [-0.25, -0.2) is 4.98 Å². The molecule has 9 heteroatoms. The van der Waals surface area contributed by atoms with E-state index < -0.39 is 5.38 Å². The first-order valence-electron chi connectivity index (χ1n) is 6.47. The molecule has 1 unspecified atom stereocenters. The molecule has 1 saturated heterocycles. The molecule has 1 amide bonds. The Hall–Kier alpha value is -1.22. The minimum absolute atomic E-state index is 0.0943. The van der Waals surface area contributed by atoms with Crippen molar-refractivity contribution in [1.82, 2.24) is 15.2 Å². The Kier molecular flexibility index (Phi) is 3.77. The minimum Gasteiger partial charge on any atom is -0.283 e. The maximum Gasteiger partial charge on any atom is 0.248 e. The number of carbonyl (C=O) groups excluding carboxylic acids is 1. The van der Waals surface area contributed by atoms with Gasteiger partial charge in [0.15, 0.2) is 4.34 Å². The third-order valence-corrected chi connectivity index (χ3v) is 6.80. The predicted octanol–water partition coefficient (Wildman–Crippen LogP) is 3.39. The maximum atomic E-state index is 11.6. The number of hydrogen-bond acceptors (Lipinski definition) is 7. The van der Waals surface area contributed by atoms with E-state index in [2.05, 4.69) is 21.2 Å². The number of aromatic nitrogens is 3. The molecule has 1 aliphatic heterocycles. The van der Waals surface area contributed by atoms with E-state index in [0.717, 1.165) is 14.9 Å². The van der Waals surface area contributed by atoms with Crippen LogP contribution >= 0.6 is 46.0 Å². The van der Waals surface area contributed by atoms with Crippen molar-refractivity contribution in [3.8, 4) is 0 Å². The maximum absolute atomic E-state index is 11.6. The Morgan fingerprint density at radius 1 is 1.32 bits per heavy atom. The fraction of sp³-hybridized carbons (Fsp3) is 0.231. The predicted molar refractivity (Wildman–Crippen MR) is 91.1 cm³/mol. The SMILES string of the molecule is O=C1C(Cl)CN1c1nnc(CSc2nc3ccccc3s2)s1. The van der Waals surface area contributed by atoms with Crippen molar-refractivity contribution >= 4 is 67.3 Å². The Balaban J connectivity index is 1.43. The lowest BCUT2D eigenvalue weighted by Crippen LogP contribution is -2.53. The standard InChI is InChI=1S/C13H9ClN4OS3/c14-7-5-18(11(7)19)12-17-16-10(22-12)6-20-13-15-8-3-1-2-4-9(8)21-13/h1-4,7H,5-6H2. The highest BCUT2D eigenvalue weighted by Crippen LogP contribution is 2.34. The van der Waals surface area contributed by atoms with Crippen LogP contribution in [0.4, 0.5) is 5.13 Å². The van der Waals surface area contributed by atoms with Gasteiger partial charge in [-0.2, -0.15) is 0 Å². The summed E-state index contributed by atoms with van der Waals surface area (Å²) >= 11 is 10.5. The molecule has 0 spiro atoms. The van der Waals surface area contributed by atoms with Crippen LogP contribution in [0.1, 0.15) is 5.01 Å². The lowest BCUT2D eigenvalue weighted by Gasteiger charge is -2.31. The summed E-state index contributed by atoms with van der Waals surface area (Å²) in [4.78, 5) is 17.7. The van der Waals surface area contributed by atoms with Crippen LogP contribution in [0, 0.1) is 0 Å². The molecule has 1 atom stereocenters. The number of carbonyl (C=O) groups is 1. The van der Waals surface area contributed by atoms with Crippen LogP contribution in [0.25, 0.3) is 10.2 Å². The van der Waals surface area contributed by atoms with E-state index in [1.165, 1.54) is 16.0 Å². The van der Waals surface area contributed by atoms with E-state index in [4.69, 9.17) is 11.6 Å². The second-order valence-corrected chi connectivity index (χ2v) is 8.45. The van der Waals surface area contributed by atoms with Crippen LogP contribution in [-0.2, 0) is 10.5 Å². The summed E-state index contributed by atoms with van der Waals surface area (Å²) in [5.41, 5.74) is 1.02. The van der Waals surface area contributed by atoms with Crippen LogP contribution in [0.2, 0.25) is 0 Å². The summed E-state index contributed by atoms with van der Waals surface area (Å²) in [7, 11) is 0. The highest BCUT2D eigenvalue weighted by Gasteiger charge is 2.38. The van der Waals surface area contributed by atoms with Crippen LogP contribution in [0.5, 0.6) is 0 Å². The van der Waals surface area contributed by atoms with E-state index in [0.29, 0.717) is 17.4 Å². The average molecular weight is 369 g/mol. The Morgan fingerprint density at radius 3 is 2.95 bits per heavy atom. The summed E-state index contributed by atoms with van der Waals surface area (Å²) < 4.78 is 2.20. The van der Waals surface area contributed by atoms with E-state index in [-0.39, 0.29) is 5.91 Å². The topological polar surface area (TPSA) is 59.0 Å². The number of benzene rings is 1. The quantitative estimate of drug-likeness (QED) is 0.401. The molecule has 4 rings (SSSR count). The van der Waals surface area contributed by atoms with Crippen LogP contribution in [-0.4, -0.2) is 33.0 Å². The van der Waals surface area contributed by atoms with Crippen LogP contribution in [0.3, 0.4) is 0 Å². The lowest BCUT2D eigenvalue weighted by atomic mass is 10.2. The second kappa shape index (κ2) is 5.77. The number of β-lactam (4-membered cyclic amide) rings is 1. The van der Waals surface area contributed by atoms with Gasteiger partial charge in [0.2, 0.25) is 11.0 Å². The van der Waals surface area contributed by atoms with Crippen molar-refractivity contribution in [2.24, 2.45) is 0 Å². The van der Waals surface area contributed by atoms with Crippen molar-refractivity contribution in [3.63, 3.8) is 0 Å². The largest absolute Gasteiger partial charge is 0.283 e. The van der Waals surface area contributed by atoms with Gasteiger partial charge < -0.3 is 0 Å². The van der Waals surface area contributed by atoms with Crippen molar-refractivity contribution in [2.45, 2.75) is 15.5 Å². The molecule has 22 heavy (non-hydrogen) atoms. The summed E-state index contributed by atoms with van der Waals surface area (Å²) in [6, 6.07) is 8.08. The normalized spacial score (nSPS) is 18.0. The third-order valence-electron chi connectivity index (χ3n) is 3.16. The second-order valence-electron chi connectivity index (χ2n) is 4.63. The van der Waals surface area contributed by atoms with Gasteiger partial charge in [-0.05, 0) is 12.1 Å². The van der Waals surface area contributed by atoms with Gasteiger partial charge >= 0.3 is 0 Å². The Morgan fingerprint density at radius 2 is 2.18 bits per heavy atom. The molecular formula is C13H9ClN4OS3. The molecule has 0 N–H and O–H groups in total. The number of halogens is 1. The summed E-state index contributed by atoms with van der Waals surface area (Å²) in [6.45, 7) is 0.514. The number of amides is 1. The number of rotatable bonds is 4. The first-order valence-corrected chi connectivity index (χ1v) is 9.52. The summed E-state index contributed by atoms with van der Waals surface area (Å²) in [5.74, 6) is 0.604. The van der Waals surface area contributed by atoms with E-state index >= 15 is 0 Å². The van der Waals surface area contributed by atoms with Gasteiger partial charge in [-0.15, -0.1) is 33.1 Å². The van der Waals surface area contributed by atoms with Gasteiger partial charge in [0.25, 0.3) is 0 Å². The molecule has 2 aromatic heterocycles. The number of thiazole rings is 1. The number of fused-ring (bicyclic) bond motifs is 1. The van der Waals surface area contributed by atoms with Crippen molar-refractivity contribution in [2.75, 3.05) is 11.4 Å². The number of alkyl halides is 1. The van der Waals surface area contributed by atoms with Crippen molar-refractivity contribution in [1.29, 1.82) is 0 Å².